The zero-order valence-electron chi connectivity index (χ0n) is 11.1. The molecule has 0 saturated heterocycles. The molecule has 22 heavy (non-hydrogen) atoms. The number of nitrogens with zero attached hydrogens (tertiary/aromatic N) is 4. The molecule has 0 unspecified atom stereocenters. The van der Waals surface area contributed by atoms with Gasteiger partial charge in [-0.25, -0.2) is 4.98 Å². The molecule has 0 atom stereocenters. The van der Waals surface area contributed by atoms with Crippen molar-refractivity contribution in [1.82, 2.24) is 4.98 Å². The number of pyridine rings is 1. The first-order valence-electron chi connectivity index (χ1n) is 6.03. The molecule has 0 aliphatic carbocycles. The number of nitriles is 2. The van der Waals surface area contributed by atoms with Gasteiger partial charge in [-0.15, -0.1) is 0 Å². The summed E-state index contributed by atoms with van der Waals surface area (Å²) in [5, 5.41) is 29.3. The van der Waals surface area contributed by atoms with E-state index in [4.69, 9.17) is 10.5 Å². The van der Waals surface area contributed by atoms with Crippen molar-refractivity contribution < 1.29 is 4.92 Å². The summed E-state index contributed by atoms with van der Waals surface area (Å²) in [6, 6.07) is 13.3. The Hall–Kier alpha value is -3.16. The topological polar surface area (TPSA) is 104 Å². The number of aromatic nitrogens is 1. The number of allylic oxidation sites excluding steroid dienone is 1. The molecule has 0 N–H and O–H groups in total. The molecule has 1 heterocycles. The molecule has 1 aromatic carbocycles. The average molecular weight is 308 g/mol. The van der Waals surface area contributed by atoms with Crippen molar-refractivity contribution in [1.29, 1.82) is 10.5 Å². The van der Waals surface area contributed by atoms with Crippen LogP contribution in [0.1, 0.15) is 5.56 Å². The van der Waals surface area contributed by atoms with E-state index in [9.17, 15) is 10.1 Å². The van der Waals surface area contributed by atoms with Gasteiger partial charge in [-0.05, 0) is 29.8 Å². The summed E-state index contributed by atoms with van der Waals surface area (Å²) in [4.78, 5) is 15.3. The highest BCUT2D eigenvalue weighted by Crippen LogP contribution is 2.34. The maximum absolute atomic E-state index is 11.2. The molecule has 0 saturated carbocycles. The third-order valence-corrected chi connectivity index (χ3v) is 3.60. The van der Waals surface area contributed by atoms with Crippen LogP contribution in [0.5, 0.6) is 0 Å². The molecule has 0 fully saturated rings. The fourth-order valence-corrected chi connectivity index (χ4v) is 2.49. The maximum atomic E-state index is 11.2. The highest BCUT2D eigenvalue weighted by molar-refractivity contribution is 7.99. The highest BCUT2D eigenvalue weighted by atomic mass is 32.2. The van der Waals surface area contributed by atoms with Crippen molar-refractivity contribution in [3.05, 3.63) is 63.8 Å². The van der Waals surface area contributed by atoms with E-state index in [2.05, 4.69) is 4.98 Å². The lowest BCUT2D eigenvalue weighted by atomic mass is 10.1. The third kappa shape index (κ3) is 3.69. The monoisotopic (exact) mass is 308 g/mol. The Morgan fingerprint density at radius 3 is 2.64 bits per heavy atom. The predicted molar refractivity (Wildman–Crippen MR) is 80.7 cm³/mol. The molecule has 7 heteroatoms. The van der Waals surface area contributed by atoms with Gasteiger partial charge in [-0.2, -0.15) is 10.5 Å². The summed E-state index contributed by atoms with van der Waals surface area (Å²) in [5.74, 6) is 0. The number of hydrogen-bond acceptors (Lipinski definition) is 6. The second kappa shape index (κ2) is 7.02. The summed E-state index contributed by atoms with van der Waals surface area (Å²) in [6.07, 6.45) is 2.92. The third-order valence-electron chi connectivity index (χ3n) is 2.58. The van der Waals surface area contributed by atoms with Gasteiger partial charge in [0.15, 0.2) is 0 Å². The molecule has 0 radical (unpaired) electrons. The largest absolute Gasteiger partial charge is 0.283 e. The summed E-state index contributed by atoms with van der Waals surface area (Å²) >= 11 is 1.18. The quantitative estimate of drug-likeness (QED) is 0.486. The van der Waals surface area contributed by atoms with Crippen molar-refractivity contribution in [3.63, 3.8) is 0 Å². The number of nitro benzene ring substituents is 1. The smallest absolute Gasteiger partial charge is 0.258 e. The van der Waals surface area contributed by atoms with E-state index in [1.54, 1.807) is 48.7 Å². The zero-order chi connectivity index (χ0) is 15.9. The van der Waals surface area contributed by atoms with Crippen LogP contribution < -0.4 is 0 Å². The van der Waals surface area contributed by atoms with Crippen LogP contribution in [-0.4, -0.2) is 9.91 Å². The summed E-state index contributed by atoms with van der Waals surface area (Å²) < 4.78 is 0. The first-order valence-corrected chi connectivity index (χ1v) is 6.85. The van der Waals surface area contributed by atoms with Gasteiger partial charge in [0.05, 0.1) is 9.82 Å². The fourth-order valence-electron chi connectivity index (χ4n) is 1.63. The Bertz CT molecular complexity index is 804. The summed E-state index contributed by atoms with van der Waals surface area (Å²) in [7, 11) is 0. The standard InChI is InChI=1S/C15H8N4O2S/c16-9-12(10-17)7-11-4-5-14(13(8-11)19(20)21)22-15-3-1-2-6-18-15/h1-8H. The Kier molecular flexibility index (Phi) is 4.86. The zero-order valence-corrected chi connectivity index (χ0v) is 11.9. The van der Waals surface area contributed by atoms with Gasteiger partial charge >= 0.3 is 0 Å². The molecule has 6 nitrogen and oxygen atoms in total. The van der Waals surface area contributed by atoms with Gasteiger partial charge in [-0.3, -0.25) is 10.1 Å². The van der Waals surface area contributed by atoms with E-state index in [0.717, 1.165) is 0 Å². The lowest BCUT2D eigenvalue weighted by Gasteiger charge is -2.03. The minimum Gasteiger partial charge on any atom is -0.258 e. The fraction of sp³-hybridized carbons (Fsp3) is 0. The number of benzene rings is 1. The van der Waals surface area contributed by atoms with Gasteiger partial charge in [0.2, 0.25) is 0 Å². The molecule has 2 rings (SSSR count). The van der Waals surface area contributed by atoms with Crippen molar-refractivity contribution in [3.8, 4) is 12.1 Å². The van der Waals surface area contributed by atoms with E-state index in [1.807, 2.05) is 0 Å². The molecule has 2 aromatic rings. The first kappa shape index (κ1) is 15.2. The van der Waals surface area contributed by atoms with Crippen LogP contribution in [0.15, 0.2) is 58.1 Å². The SMILES string of the molecule is N#CC(C#N)=Cc1ccc(Sc2ccccn2)c([N+](=O)[O-])c1. The molecule has 0 aliphatic heterocycles. The lowest BCUT2D eigenvalue weighted by Crippen LogP contribution is -1.92. The van der Waals surface area contributed by atoms with Crippen LogP contribution in [-0.2, 0) is 0 Å². The summed E-state index contributed by atoms with van der Waals surface area (Å²) in [6.45, 7) is 0. The first-order chi connectivity index (χ1) is 10.6. The minimum absolute atomic E-state index is 0.0976. The predicted octanol–water partition coefficient (Wildman–Crippen LogP) is 3.57. The second-order valence-electron chi connectivity index (χ2n) is 4.04. The molecule has 106 valence electrons. The Balaban J connectivity index is 2.41. The lowest BCUT2D eigenvalue weighted by molar-refractivity contribution is -0.387. The van der Waals surface area contributed by atoms with Crippen LogP contribution in [0.2, 0.25) is 0 Å². The molecule has 0 bridgehead atoms. The number of hydrogen-bond donors (Lipinski definition) is 0. The molecule has 0 amide bonds. The van der Waals surface area contributed by atoms with Crippen molar-refractivity contribution in [2.75, 3.05) is 0 Å². The van der Waals surface area contributed by atoms with Gasteiger partial charge in [0, 0.05) is 12.3 Å². The molecule has 1 aromatic heterocycles. The molecule has 0 aliphatic rings. The number of rotatable bonds is 4. The Labute approximate surface area is 130 Å². The van der Waals surface area contributed by atoms with E-state index >= 15 is 0 Å². The highest BCUT2D eigenvalue weighted by Gasteiger charge is 2.16. The minimum atomic E-state index is -0.499. The molecule has 0 spiro atoms. The van der Waals surface area contributed by atoms with Crippen molar-refractivity contribution in [2.24, 2.45) is 0 Å². The van der Waals surface area contributed by atoms with Gasteiger partial charge in [-0.1, -0.05) is 23.9 Å². The van der Waals surface area contributed by atoms with E-state index in [-0.39, 0.29) is 11.3 Å². The van der Waals surface area contributed by atoms with Gasteiger partial charge < -0.3 is 0 Å². The number of nitro groups is 1. The van der Waals surface area contributed by atoms with E-state index in [0.29, 0.717) is 15.5 Å². The van der Waals surface area contributed by atoms with Crippen LogP contribution >= 0.6 is 11.8 Å². The summed E-state index contributed by atoms with van der Waals surface area (Å²) in [5.41, 5.74) is 0.217. The van der Waals surface area contributed by atoms with Crippen molar-refractivity contribution in [2.45, 2.75) is 9.92 Å². The van der Waals surface area contributed by atoms with Crippen LogP contribution in [0, 0.1) is 32.8 Å². The van der Waals surface area contributed by atoms with Crippen LogP contribution in [0.25, 0.3) is 6.08 Å². The van der Waals surface area contributed by atoms with Gasteiger partial charge in [0.1, 0.15) is 22.7 Å². The Morgan fingerprint density at radius 1 is 1.27 bits per heavy atom. The maximum Gasteiger partial charge on any atom is 0.283 e. The average Bonchev–Trinajstić information content (AvgIpc) is 2.54. The Morgan fingerprint density at radius 2 is 2.05 bits per heavy atom. The molecular weight excluding hydrogens is 300 g/mol. The van der Waals surface area contributed by atoms with E-state index < -0.39 is 4.92 Å². The van der Waals surface area contributed by atoms with Crippen LogP contribution in [0.4, 0.5) is 5.69 Å². The van der Waals surface area contributed by atoms with E-state index in [1.165, 1.54) is 23.9 Å². The second-order valence-corrected chi connectivity index (χ2v) is 5.10. The van der Waals surface area contributed by atoms with Gasteiger partial charge in [0.25, 0.3) is 5.69 Å². The molecular formula is C15H8N4O2S. The van der Waals surface area contributed by atoms with Crippen LogP contribution in [0.3, 0.4) is 0 Å². The van der Waals surface area contributed by atoms with Crippen molar-refractivity contribution >= 4 is 23.5 Å². The normalized spacial score (nSPS) is 9.36.